The predicted molar refractivity (Wildman–Crippen MR) is 96.8 cm³/mol. The summed E-state index contributed by atoms with van der Waals surface area (Å²) >= 11 is 1.64. The van der Waals surface area contributed by atoms with Gasteiger partial charge in [-0.25, -0.2) is 0 Å². The first-order valence-electron chi connectivity index (χ1n) is 8.75. The Morgan fingerprint density at radius 3 is 2.50 bits per heavy atom. The topological polar surface area (TPSA) is 12.5 Å². The molecule has 0 amide bonds. The Balaban J connectivity index is 1.78. The van der Waals surface area contributed by atoms with Gasteiger partial charge in [-0.05, 0) is 69.2 Å². The van der Waals surface area contributed by atoms with Crippen LogP contribution in [-0.4, -0.2) is 25.0 Å². The van der Waals surface area contributed by atoms with Gasteiger partial charge >= 0.3 is 6.18 Å². The van der Waals surface area contributed by atoms with Crippen molar-refractivity contribution in [3.8, 4) is 11.5 Å². The van der Waals surface area contributed by atoms with E-state index in [0.717, 1.165) is 36.9 Å². The summed E-state index contributed by atoms with van der Waals surface area (Å²) in [6, 6.07) is 11.6. The van der Waals surface area contributed by atoms with Crippen molar-refractivity contribution >= 4 is 11.8 Å². The molecule has 0 N–H and O–H groups in total. The van der Waals surface area contributed by atoms with Gasteiger partial charge in [0.25, 0.3) is 0 Å². The second-order valence-electron chi connectivity index (χ2n) is 6.98. The molecule has 0 saturated carbocycles. The van der Waals surface area contributed by atoms with E-state index in [-0.39, 0.29) is 5.25 Å². The van der Waals surface area contributed by atoms with Gasteiger partial charge in [0.2, 0.25) is 0 Å². The van der Waals surface area contributed by atoms with Crippen LogP contribution in [0.3, 0.4) is 0 Å². The first kappa shape index (κ1) is 17.7. The number of hydrogen-bond donors (Lipinski definition) is 0. The molecule has 26 heavy (non-hydrogen) atoms. The van der Waals surface area contributed by atoms with Crippen LogP contribution < -0.4 is 4.74 Å². The maximum absolute atomic E-state index is 13.3. The van der Waals surface area contributed by atoms with Gasteiger partial charge in [0.1, 0.15) is 11.5 Å². The summed E-state index contributed by atoms with van der Waals surface area (Å²) in [5, 5.41) is -0.0374. The van der Waals surface area contributed by atoms with Crippen molar-refractivity contribution in [3.63, 3.8) is 0 Å². The standard InChI is InChI=1S/C20H20F3NOS/c1-24-10-8-13(9-11-24)19-15-12-14(20(21,22)23)6-7-16(15)25-17-4-2-3-5-18(17)26-19/h2-7,12-13,19H,8-11H2,1H3/t19-/m1/s1. The fraction of sp³-hybridized carbons (Fsp3) is 0.400. The molecule has 2 aromatic carbocycles. The Morgan fingerprint density at radius 1 is 1.04 bits per heavy atom. The van der Waals surface area contributed by atoms with E-state index < -0.39 is 11.7 Å². The smallest absolute Gasteiger partial charge is 0.416 e. The number of ether oxygens (including phenoxy) is 1. The number of likely N-dealkylation sites (tertiary alicyclic amines) is 1. The van der Waals surface area contributed by atoms with Gasteiger partial charge in [0.05, 0.1) is 10.5 Å². The molecule has 0 spiro atoms. The second-order valence-corrected chi connectivity index (χ2v) is 8.16. The van der Waals surface area contributed by atoms with Gasteiger partial charge in [-0.15, -0.1) is 11.8 Å². The first-order valence-corrected chi connectivity index (χ1v) is 9.63. The maximum Gasteiger partial charge on any atom is 0.416 e. The van der Waals surface area contributed by atoms with Crippen molar-refractivity contribution in [1.29, 1.82) is 0 Å². The van der Waals surface area contributed by atoms with E-state index in [9.17, 15) is 13.2 Å². The van der Waals surface area contributed by atoms with Crippen molar-refractivity contribution in [1.82, 2.24) is 4.90 Å². The molecule has 2 aliphatic heterocycles. The summed E-state index contributed by atoms with van der Waals surface area (Å²) < 4.78 is 45.9. The van der Waals surface area contributed by atoms with E-state index in [1.165, 1.54) is 12.1 Å². The first-order chi connectivity index (χ1) is 12.4. The lowest BCUT2D eigenvalue weighted by Gasteiger charge is -2.34. The number of alkyl halides is 3. The fourth-order valence-electron chi connectivity index (χ4n) is 3.67. The molecule has 0 aliphatic carbocycles. The van der Waals surface area contributed by atoms with Crippen LogP contribution in [0.2, 0.25) is 0 Å². The highest BCUT2D eigenvalue weighted by atomic mass is 32.2. The van der Waals surface area contributed by atoms with Crippen molar-refractivity contribution in [2.24, 2.45) is 5.92 Å². The van der Waals surface area contributed by atoms with Gasteiger partial charge in [0, 0.05) is 10.8 Å². The molecule has 0 bridgehead atoms. The number of thioether (sulfide) groups is 1. The zero-order valence-electron chi connectivity index (χ0n) is 14.4. The molecule has 1 fully saturated rings. The Morgan fingerprint density at radius 2 is 1.77 bits per heavy atom. The lowest BCUT2D eigenvalue weighted by atomic mass is 9.88. The molecule has 0 unspecified atom stereocenters. The normalized spacial score (nSPS) is 21.5. The molecule has 2 heterocycles. The van der Waals surface area contributed by atoms with Crippen LogP contribution in [0.25, 0.3) is 0 Å². The molecule has 0 aromatic heterocycles. The lowest BCUT2D eigenvalue weighted by Crippen LogP contribution is -2.32. The Kier molecular flexibility index (Phi) is 4.65. The highest BCUT2D eigenvalue weighted by Gasteiger charge is 2.36. The molecule has 1 saturated heterocycles. The summed E-state index contributed by atoms with van der Waals surface area (Å²) in [5.74, 6) is 1.58. The molecule has 2 nitrogen and oxygen atoms in total. The van der Waals surface area contributed by atoms with Crippen molar-refractivity contribution in [3.05, 3.63) is 53.6 Å². The summed E-state index contributed by atoms with van der Waals surface area (Å²) in [7, 11) is 2.09. The quantitative estimate of drug-likeness (QED) is 0.604. The van der Waals surface area contributed by atoms with Crippen LogP contribution in [0.4, 0.5) is 13.2 Å². The summed E-state index contributed by atoms with van der Waals surface area (Å²) in [6.45, 7) is 1.94. The number of nitrogens with zero attached hydrogens (tertiary/aromatic N) is 1. The Labute approximate surface area is 155 Å². The molecular weight excluding hydrogens is 359 g/mol. The number of fused-ring (bicyclic) bond motifs is 2. The van der Waals surface area contributed by atoms with Crippen LogP contribution in [0.15, 0.2) is 47.4 Å². The molecule has 2 aliphatic rings. The van der Waals surface area contributed by atoms with Gasteiger partial charge in [-0.3, -0.25) is 0 Å². The van der Waals surface area contributed by atoms with E-state index >= 15 is 0 Å². The van der Waals surface area contributed by atoms with Crippen LogP contribution in [0.5, 0.6) is 11.5 Å². The minimum atomic E-state index is -4.35. The number of piperidine rings is 1. The number of para-hydroxylation sites is 1. The van der Waals surface area contributed by atoms with E-state index in [1.807, 2.05) is 24.3 Å². The third-order valence-electron chi connectivity index (χ3n) is 5.16. The largest absolute Gasteiger partial charge is 0.456 e. The zero-order valence-corrected chi connectivity index (χ0v) is 15.2. The third kappa shape index (κ3) is 3.45. The molecule has 2 aromatic rings. The van der Waals surface area contributed by atoms with Gasteiger partial charge in [-0.1, -0.05) is 12.1 Å². The maximum atomic E-state index is 13.3. The molecule has 4 rings (SSSR count). The minimum absolute atomic E-state index is 0.0374. The van der Waals surface area contributed by atoms with Gasteiger partial charge < -0.3 is 9.64 Å². The number of rotatable bonds is 1. The van der Waals surface area contributed by atoms with Crippen molar-refractivity contribution < 1.29 is 17.9 Å². The van der Waals surface area contributed by atoms with E-state index in [4.69, 9.17) is 4.74 Å². The predicted octanol–water partition coefficient (Wildman–Crippen LogP) is 5.99. The second kappa shape index (κ2) is 6.82. The zero-order chi connectivity index (χ0) is 18.3. The molecule has 0 radical (unpaired) electrons. The highest BCUT2D eigenvalue weighted by molar-refractivity contribution is 7.99. The van der Waals surface area contributed by atoms with Gasteiger partial charge in [-0.2, -0.15) is 13.2 Å². The lowest BCUT2D eigenvalue weighted by molar-refractivity contribution is -0.137. The number of benzene rings is 2. The average Bonchev–Trinajstić information content (AvgIpc) is 2.77. The monoisotopic (exact) mass is 379 g/mol. The number of halogens is 3. The van der Waals surface area contributed by atoms with Crippen LogP contribution in [-0.2, 0) is 6.18 Å². The Hall–Kier alpha value is -1.66. The fourth-order valence-corrected chi connectivity index (χ4v) is 5.10. The van der Waals surface area contributed by atoms with Crippen LogP contribution >= 0.6 is 11.8 Å². The van der Waals surface area contributed by atoms with Crippen molar-refractivity contribution in [2.45, 2.75) is 29.2 Å². The SMILES string of the molecule is CN1CCC([C@H]2Sc3ccccc3Oc3ccc(C(F)(F)F)cc32)CC1. The molecule has 138 valence electrons. The van der Waals surface area contributed by atoms with Crippen LogP contribution in [0.1, 0.15) is 29.2 Å². The Bertz CT molecular complexity index is 800. The van der Waals surface area contributed by atoms with Gasteiger partial charge in [0.15, 0.2) is 0 Å². The molecule has 6 heteroatoms. The minimum Gasteiger partial charge on any atom is -0.456 e. The van der Waals surface area contributed by atoms with E-state index in [0.29, 0.717) is 23.0 Å². The summed E-state index contributed by atoms with van der Waals surface area (Å²) in [6.07, 6.45) is -2.39. The average molecular weight is 379 g/mol. The highest BCUT2D eigenvalue weighted by Crippen LogP contribution is 2.53. The van der Waals surface area contributed by atoms with E-state index in [2.05, 4.69) is 11.9 Å². The molecule has 1 atom stereocenters. The van der Waals surface area contributed by atoms with Crippen molar-refractivity contribution in [2.75, 3.05) is 20.1 Å². The van der Waals surface area contributed by atoms with Crippen LogP contribution in [0, 0.1) is 5.92 Å². The summed E-state index contributed by atoms with van der Waals surface area (Å²) in [4.78, 5) is 3.26. The summed E-state index contributed by atoms with van der Waals surface area (Å²) in [5.41, 5.74) is 0.0555. The third-order valence-corrected chi connectivity index (χ3v) is 6.64. The molecular formula is C20H20F3NOS. The number of hydrogen-bond acceptors (Lipinski definition) is 3. The van der Waals surface area contributed by atoms with E-state index in [1.54, 1.807) is 11.8 Å².